The predicted molar refractivity (Wildman–Crippen MR) is 141 cm³/mol. The minimum atomic E-state index is -0.898. The molecule has 0 bridgehead atoms. The SMILES string of the molecule is C=CCN1CCC2(c3cccc(OC)c3)CC(N(C)C(=O)Cc3ccc(Cl)c(Cl)c3)CCC2(O)C1. The molecule has 1 saturated heterocycles. The molecule has 1 amide bonds. The Morgan fingerprint density at radius 2 is 2.06 bits per heavy atom. The maximum absolute atomic E-state index is 13.3. The molecular weight excluding hydrogens is 483 g/mol. The lowest BCUT2D eigenvalue weighted by Crippen LogP contribution is -2.67. The van der Waals surface area contributed by atoms with Gasteiger partial charge in [0, 0.05) is 31.6 Å². The number of halogens is 2. The average molecular weight is 517 g/mol. The molecule has 2 fully saturated rings. The van der Waals surface area contributed by atoms with Gasteiger partial charge >= 0.3 is 0 Å². The van der Waals surface area contributed by atoms with Gasteiger partial charge in [-0.2, -0.15) is 0 Å². The van der Waals surface area contributed by atoms with Crippen LogP contribution in [-0.4, -0.2) is 66.2 Å². The third-order valence-corrected chi connectivity index (χ3v) is 8.74. The second-order valence-electron chi connectivity index (χ2n) is 9.95. The van der Waals surface area contributed by atoms with Crippen molar-refractivity contribution in [3.63, 3.8) is 0 Å². The van der Waals surface area contributed by atoms with Crippen LogP contribution < -0.4 is 4.74 Å². The maximum Gasteiger partial charge on any atom is 0.226 e. The predicted octanol–water partition coefficient (Wildman–Crippen LogP) is 5.12. The van der Waals surface area contributed by atoms with E-state index >= 15 is 0 Å². The summed E-state index contributed by atoms with van der Waals surface area (Å²) in [6, 6.07) is 13.4. The third kappa shape index (κ3) is 5.10. The van der Waals surface area contributed by atoms with Crippen molar-refractivity contribution >= 4 is 29.1 Å². The van der Waals surface area contributed by atoms with Crippen molar-refractivity contribution in [1.29, 1.82) is 0 Å². The zero-order valence-electron chi connectivity index (χ0n) is 20.5. The van der Waals surface area contributed by atoms with Gasteiger partial charge in [0.25, 0.3) is 0 Å². The molecule has 188 valence electrons. The van der Waals surface area contributed by atoms with Crippen LogP contribution in [0.1, 0.15) is 36.8 Å². The second-order valence-corrected chi connectivity index (χ2v) is 10.8. The van der Waals surface area contributed by atoms with Crippen LogP contribution in [0.3, 0.4) is 0 Å². The van der Waals surface area contributed by atoms with Gasteiger partial charge in [-0.3, -0.25) is 9.69 Å². The average Bonchev–Trinajstić information content (AvgIpc) is 2.85. The minimum Gasteiger partial charge on any atom is -0.497 e. The molecule has 0 aromatic heterocycles. The first-order valence-electron chi connectivity index (χ1n) is 12.1. The number of piperidine rings is 1. The van der Waals surface area contributed by atoms with Gasteiger partial charge in [0.2, 0.25) is 5.91 Å². The van der Waals surface area contributed by atoms with E-state index in [1.807, 2.05) is 42.3 Å². The van der Waals surface area contributed by atoms with Crippen molar-refractivity contribution < 1.29 is 14.6 Å². The maximum atomic E-state index is 13.3. The van der Waals surface area contributed by atoms with E-state index in [2.05, 4.69) is 17.5 Å². The Bertz CT molecular complexity index is 1090. The molecule has 1 N–H and O–H groups in total. The van der Waals surface area contributed by atoms with Crippen LogP contribution in [0.5, 0.6) is 5.75 Å². The molecule has 2 aromatic carbocycles. The molecule has 1 heterocycles. The van der Waals surface area contributed by atoms with E-state index in [-0.39, 0.29) is 18.4 Å². The van der Waals surface area contributed by atoms with Gasteiger partial charge in [-0.25, -0.2) is 0 Å². The summed E-state index contributed by atoms with van der Waals surface area (Å²) in [5.41, 5.74) is 0.543. The molecular formula is C28H34Cl2N2O3. The highest BCUT2D eigenvalue weighted by Crippen LogP contribution is 2.52. The van der Waals surface area contributed by atoms with Crippen molar-refractivity contribution in [1.82, 2.24) is 9.80 Å². The Labute approximate surface area is 218 Å². The molecule has 1 aliphatic carbocycles. The van der Waals surface area contributed by atoms with Crippen molar-refractivity contribution in [2.24, 2.45) is 0 Å². The molecule has 3 unspecified atom stereocenters. The number of carbonyl (C=O) groups is 1. The Morgan fingerprint density at radius 1 is 1.26 bits per heavy atom. The second kappa shape index (κ2) is 10.5. The summed E-state index contributed by atoms with van der Waals surface area (Å²) in [6.45, 7) is 6.08. The lowest BCUT2D eigenvalue weighted by Gasteiger charge is -2.59. The van der Waals surface area contributed by atoms with Gasteiger partial charge < -0.3 is 14.7 Å². The van der Waals surface area contributed by atoms with Crippen LogP contribution in [0.4, 0.5) is 0 Å². The van der Waals surface area contributed by atoms with Crippen LogP contribution in [0.2, 0.25) is 10.0 Å². The fourth-order valence-electron chi connectivity index (χ4n) is 5.98. The third-order valence-electron chi connectivity index (χ3n) is 8.00. The Hall–Kier alpha value is -2.05. The molecule has 2 aromatic rings. The smallest absolute Gasteiger partial charge is 0.226 e. The number of β-amino-alcohol motifs (C(OH)–C–C–N with tert-alkyl or cyclic N) is 1. The molecule has 1 aliphatic heterocycles. The number of nitrogens with zero attached hydrogens (tertiary/aromatic N) is 2. The number of likely N-dealkylation sites (N-methyl/N-ethyl adjacent to an activating group) is 1. The molecule has 0 radical (unpaired) electrons. The quantitative estimate of drug-likeness (QED) is 0.519. The summed E-state index contributed by atoms with van der Waals surface area (Å²) in [5.74, 6) is 0.808. The summed E-state index contributed by atoms with van der Waals surface area (Å²) in [6.07, 6.45) is 5.01. The van der Waals surface area contributed by atoms with Gasteiger partial charge in [0.05, 0.1) is 29.2 Å². The van der Waals surface area contributed by atoms with Crippen molar-refractivity contribution in [2.45, 2.75) is 49.2 Å². The number of hydrogen-bond donors (Lipinski definition) is 1. The van der Waals surface area contributed by atoms with Gasteiger partial charge in [-0.1, -0.05) is 47.5 Å². The Kier molecular flexibility index (Phi) is 7.82. The topological polar surface area (TPSA) is 53.0 Å². The fourth-order valence-corrected chi connectivity index (χ4v) is 6.30. The van der Waals surface area contributed by atoms with Crippen molar-refractivity contribution in [3.8, 4) is 5.75 Å². The monoisotopic (exact) mass is 516 g/mol. The van der Waals surface area contributed by atoms with E-state index in [1.165, 1.54) is 0 Å². The number of ether oxygens (including phenoxy) is 1. The Balaban J connectivity index is 1.61. The molecule has 35 heavy (non-hydrogen) atoms. The zero-order chi connectivity index (χ0) is 25.2. The highest BCUT2D eigenvalue weighted by molar-refractivity contribution is 6.42. The number of hydrogen-bond acceptors (Lipinski definition) is 4. The van der Waals surface area contributed by atoms with Crippen molar-refractivity contribution in [3.05, 3.63) is 76.3 Å². The lowest BCUT2D eigenvalue weighted by molar-refractivity contribution is -0.146. The zero-order valence-corrected chi connectivity index (χ0v) is 22.0. The van der Waals surface area contributed by atoms with Gasteiger partial charge in [-0.05, 0) is 67.6 Å². The normalized spacial score (nSPS) is 26.6. The molecule has 4 rings (SSSR count). The van der Waals surface area contributed by atoms with E-state index in [0.717, 1.165) is 42.8 Å². The summed E-state index contributed by atoms with van der Waals surface area (Å²) in [5, 5.41) is 13.1. The van der Waals surface area contributed by atoms with E-state index in [0.29, 0.717) is 29.4 Å². The number of aliphatic hydroxyl groups is 1. The first kappa shape index (κ1) is 26.0. The minimum absolute atomic E-state index is 0.0164. The van der Waals surface area contributed by atoms with Crippen molar-refractivity contribution in [2.75, 3.05) is 33.8 Å². The van der Waals surface area contributed by atoms with Gasteiger partial charge in [-0.15, -0.1) is 6.58 Å². The van der Waals surface area contributed by atoms with E-state index in [9.17, 15) is 9.90 Å². The molecule has 7 heteroatoms. The lowest BCUT2D eigenvalue weighted by atomic mass is 9.55. The van der Waals surface area contributed by atoms with Crippen LogP contribution in [0.15, 0.2) is 55.1 Å². The summed E-state index contributed by atoms with van der Waals surface area (Å²) >= 11 is 12.2. The van der Waals surface area contributed by atoms with E-state index in [4.69, 9.17) is 27.9 Å². The number of amides is 1. The van der Waals surface area contributed by atoms with Crippen LogP contribution in [0.25, 0.3) is 0 Å². The van der Waals surface area contributed by atoms with E-state index < -0.39 is 11.0 Å². The first-order valence-corrected chi connectivity index (χ1v) is 12.9. The highest BCUT2D eigenvalue weighted by atomic mass is 35.5. The molecule has 3 atom stereocenters. The van der Waals surface area contributed by atoms with Crippen LogP contribution in [-0.2, 0) is 16.6 Å². The molecule has 2 aliphatic rings. The highest BCUT2D eigenvalue weighted by Gasteiger charge is 2.58. The molecule has 0 spiro atoms. The van der Waals surface area contributed by atoms with E-state index in [1.54, 1.807) is 19.2 Å². The van der Waals surface area contributed by atoms with Crippen LogP contribution in [0, 0.1) is 0 Å². The molecule has 5 nitrogen and oxygen atoms in total. The first-order chi connectivity index (χ1) is 16.7. The number of carbonyl (C=O) groups excluding carboxylic acids is 1. The standard InChI is InChI=1S/C28H34Cl2N2O3/c1-4-13-32-14-12-27(21-6-5-7-23(17-21)35-3)18-22(10-11-28(27,34)19-32)31(2)26(33)16-20-8-9-24(29)25(30)15-20/h4-9,15,17,22,34H,1,10-14,16,18-19H2,2-3H3. The number of rotatable bonds is 7. The number of methoxy groups -OCH3 is 1. The van der Waals surface area contributed by atoms with Crippen LogP contribution >= 0.6 is 23.2 Å². The number of fused-ring (bicyclic) bond motifs is 1. The fraction of sp³-hybridized carbons (Fsp3) is 0.464. The summed E-state index contributed by atoms with van der Waals surface area (Å²) in [4.78, 5) is 17.4. The molecule has 1 saturated carbocycles. The summed E-state index contributed by atoms with van der Waals surface area (Å²) in [7, 11) is 3.54. The Morgan fingerprint density at radius 3 is 2.77 bits per heavy atom. The summed E-state index contributed by atoms with van der Waals surface area (Å²) < 4.78 is 5.52. The van der Waals surface area contributed by atoms with Gasteiger partial charge in [0.15, 0.2) is 0 Å². The number of likely N-dealkylation sites (tertiary alicyclic amines) is 1. The van der Waals surface area contributed by atoms with Gasteiger partial charge in [0.1, 0.15) is 5.75 Å². The largest absolute Gasteiger partial charge is 0.497 e. The number of benzene rings is 2.